The van der Waals surface area contributed by atoms with Crippen molar-refractivity contribution in [1.82, 2.24) is 5.32 Å². The third kappa shape index (κ3) is 5.19. The van der Waals surface area contributed by atoms with Gasteiger partial charge in [0.25, 0.3) is 0 Å². The average molecular weight is 334 g/mol. The second-order valence-electron chi connectivity index (χ2n) is 6.13. The van der Waals surface area contributed by atoms with Gasteiger partial charge in [0.1, 0.15) is 0 Å². The van der Waals surface area contributed by atoms with E-state index in [-0.39, 0.29) is 36.0 Å². The zero-order chi connectivity index (χ0) is 17.1. The zero-order valence-corrected chi connectivity index (χ0v) is 13.8. The number of nitro groups is 1. The highest BCUT2D eigenvalue weighted by atomic mass is 31.2. The molecule has 0 spiro atoms. The summed E-state index contributed by atoms with van der Waals surface area (Å²) in [6.07, 6.45) is 1.86. The Balaban J connectivity index is 3.07. The van der Waals surface area contributed by atoms with Crippen molar-refractivity contribution in [2.75, 3.05) is 0 Å². The highest BCUT2D eigenvalue weighted by Crippen LogP contribution is 2.50. The normalized spacial score (nSPS) is 23.8. The number of nitrogens with one attached hydrogen (secondary N) is 1. The first-order chi connectivity index (χ1) is 10.0. The SMILES string of the molecule is CC(=O)N[C@@H](CC(C)C)[C@H]1CC=C(P(=O)(O)O)C[C@H]1[N+](=O)[O-]. The third-order valence-corrected chi connectivity index (χ3v) is 4.93. The second-order valence-corrected chi connectivity index (χ2v) is 7.79. The van der Waals surface area contributed by atoms with Crippen LogP contribution in [0.5, 0.6) is 0 Å². The minimum atomic E-state index is -4.46. The lowest BCUT2D eigenvalue weighted by atomic mass is 9.80. The summed E-state index contributed by atoms with van der Waals surface area (Å²) in [4.78, 5) is 40.6. The molecule has 0 fully saturated rings. The molecule has 0 radical (unpaired) electrons. The molecule has 0 aromatic carbocycles. The maximum atomic E-state index is 11.4. The van der Waals surface area contributed by atoms with Crippen LogP contribution in [0.3, 0.4) is 0 Å². The molecule has 22 heavy (non-hydrogen) atoms. The molecule has 8 nitrogen and oxygen atoms in total. The zero-order valence-electron chi connectivity index (χ0n) is 12.9. The molecular formula is C13H23N2O6P. The maximum Gasteiger partial charge on any atom is 0.352 e. The van der Waals surface area contributed by atoms with Crippen LogP contribution in [0.1, 0.15) is 40.0 Å². The Morgan fingerprint density at radius 3 is 2.55 bits per heavy atom. The first kappa shape index (κ1) is 18.8. The third-order valence-electron chi connectivity index (χ3n) is 3.81. The molecule has 1 rings (SSSR count). The maximum absolute atomic E-state index is 11.4. The Kier molecular flexibility index (Phi) is 6.28. The Morgan fingerprint density at radius 1 is 1.55 bits per heavy atom. The van der Waals surface area contributed by atoms with Crippen molar-refractivity contribution >= 4 is 13.5 Å². The highest BCUT2D eigenvalue weighted by Gasteiger charge is 2.43. The predicted molar refractivity (Wildman–Crippen MR) is 80.7 cm³/mol. The Labute approximate surface area is 129 Å². The van der Waals surface area contributed by atoms with Crippen LogP contribution >= 0.6 is 7.60 Å². The molecule has 9 heteroatoms. The van der Waals surface area contributed by atoms with Gasteiger partial charge in [0.05, 0.1) is 5.92 Å². The van der Waals surface area contributed by atoms with Gasteiger partial charge >= 0.3 is 7.60 Å². The van der Waals surface area contributed by atoms with Crippen molar-refractivity contribution < 1.29 is 24.1 Å². The molecule has 0 bridgehead atoms. The number of rotatable bonds is 6. The summed E-state index contributed by atoms with van der Waals surface area (Å²) in [6, 6.07) is -1.49. The van der Waals surface area contributed by atoms with Crippen LogP contribution in [-0.2, 0) is 9.36 Å². The summed E-state index contributed by atoms with van der Waals surface area (Å²) in [7, 11) is -4.46. The molecule has 1 aliphatic carbocycles. The highest BCUT2D eigenvalue weighted by molar-refractivity contribution is 7.56. The van der Waals surface area contributed by atoms with Crippen LogP contribution in [0.25, 0.3) is 0 Å². The topological polar surface area (TPSA) is 130 Å². The number of carbonyl (C=O) groups is 1. The van der Waals surface area contributed by atoms with Gasteiger partial charge in [0.15, 0.2) is 0 Å². The molecule has 0 saturated heterocycles. The molecule has 0 heterocycles. The largest absolute Gasteiger partial charge is 0.353 e. The smallest absolute Gasteiger partial charge is 0.352 e. The van der Waals surface area contributed by atoms with Crippen LogP contribution < -0.4 is 5.32 Å². The minimum absolute atomic E-state index is 0.170. The lowest BCUT2D eigenvalue weighted by molar-refractivity contribution is -0.533. The molecule has 0 unspecified atom stereocenters. The van der Waals surface area contributed by atoms with E-state index >= 15 is 0 Å². The predicted octanol–water partition coefficient (Wildman–Crippen LogP) is 1.65. The van der Waals surface area contributed by atoms with Crippen LogP contribution in [0.15, 0.2) is 11.4 Å². The van der Waals surface area contributed by atoms with Gasteiger partial charge in [-0.15, -0.1) is 0 Å². The average Bonchev–Trinajstić information content (AvgIpc) is 2.34. The Hall–Kier alpha value is -1.24. The standard InChI is InChI=1S/C13H23N2O6P/c1-8(2)6-12(14-9(3)16)11-5-4-10(22(19,20)21)7-13(11)15(17)18/h4,8,11-13H,5-7H2,1-3H3,(H,14,16)(H2,19,20,21)/t11-,12+,13-/m1/s1. The number of hydrogen-bond acceptors (Lipinski definition) is 4. The fraction of sp³-hybridized carbons (Fsp3) is 0.769. The molecule has 0 aromatic rings. The van der Waals surface area contributed by atoms with Gasteiger partial charge in [-0.1, -0.05) is 19.9 Å². The van der Waals surface area contributed by atoms with Crippen molar-refractivity contribution in [2.24, 2.45) is 11.8 Å². The van der Waals surface area contributed by atoms with E-state index in [0.29, 0.717) is 6.42 Å². The van der Waals surface area contributed by atoms with E-state index in [4.69, 9.17) is 0 Å². The number of carbonyl (C=O) groups excluding carboxylic acids is 1. The van der Waals surface area contributed by atoms with E-state index in [2.05, 4.69) is 5.32 Å². The molecule has 126 valence electrons. The van der Waals surface area contributed by atoms with E-state index in [0.717, 1.165) is 0 Å². The van der Waals surface area contributed by atoms with Crippen LogP contribution in [0, 0.1) is 22.0 Å². The van der Waals surface area contributed by atoms with E-state index in [1.54, 1.807) is 0 Å². The van der Waals surface area contributed by atoms with Gasteiger partial charge in [0, 0.05) is 29.6 Å². The van der Waals surface area contributed by atoms with Crippen LogP contribution in [0.4, 0.5) is 0 Å². The molecule has 3 atom stereocenters. The number of hydrogen-bond donors (Lipinski definition) is 3. The molecule has 1 aliphatic rings. The number of allylic oxidation sites excluding steroid dienone is 1. The van der Waals surface area contributed by atoms with Crippen molar-refractivity contribution in [3.05, 3.63) is 21.5 Å². The van der Waals surface area contributed by atoms with E-state index in [1.165, 1.54) is 13.0 Å². The van der Waals surface area contributed by atoms with Gasteiger partial charge < -0.3 is 15.1 Å². The lowest BCUT2D eigenvalue weighted by Crippen LogP contribution is -2.48. The molecular weight excluding hydrogens is 311 g/mol. The monoisotopic (exact) mass is 334 g/mol. The first-order valence-corrected chi connectivity index (χ1v) is 8.79. The van der Waals surface area contributed by atoms with E-state index in [1.807, 2.05) is 13.8 Å². The van der Waals surface area contributed by atoms with Crippen LogP contribution in [-0.4, -0.2) is 32.7 Å². The quantitative estimate of drug-likeness (QED) is 0.385. The summed E-state index contributed by atoms with van der Waals surface area (Å²) < 4.78 is 11.3. The summed E-state index contributed by atoms with van der Waals surface area (Å²) in [6.45, 7) is 5.26. The minimum Gasteiger partial charge on any atom is -0.353 e. The van der Waals surface area contributed by atoms with Gasteiger partial charge in [-0.3, -0.25) is 19.5 Å². The number of nitrogens with zero attached hydrogens (tertiary/aromatic N) is 1. The summed E-state index contributed by atoms with van der Waals surface area (Å²) in [5, 5.41) is 13.9. The van der Waals surface area contributed by atoms with E-state index in [9.17, 15) is 29.3 Å². The van der Waals surface area contributed by atoms with E-state index < -0.39 is 24.5 Å². The molecule has 3 N–H and O–H groups in total. The number of amides is 1. The Bertz CT molecular complexity index is 513. The summed E-state index contributed by atoms with van der Waals surface area (Å²) >= 11 is 0. The van der Waals surface area contributed by atoms with Crippen LogP contribution in [0.2, 0.25) is 0 Å². The van der Waals surface area contributed by atoms with Crippen molar-refractivity contribution in [1.29, 1.82) is 0 Å². The molecule has 0 saturated carbocycles. The molecule has 0 aliphatic heterocycles. The van der Waals surface area contributed by atoms with Crippen molar-refractivity contribution in [3.63, 3.8) is 0 Å². The summed E-state index contributed by atoms with van der Waals surface area (Å²) in [5.41, 5.74) is 0. The lowest BCUT2D eigenvalue weighted by Gasteiger charge is -2.33. The molecule has 0 aromatic heterocycles. The van der Waals surface area contributed by atoms with Gasteiger partial charge in [-0.05, 0) is 18.8 Å². The van der Waals surface area contributed by atoms with Gasteiger partial charge in [0.2, 0.25) is 11.9 Å². The summed E-state index contributed by atoms with van der Waals surface area (Å²) in [5.74, 6) is -0.509. The first-order valence-electron chi connectivity index (χ1n) is 7.18. The Morgan fingerprint density at radius 2 is 2.14 bits per heavy atom. The molecule has 1 amide bonds. The van der Waals surface area contributed by atoms with Gasteiger partial charge in [-0.2, -0.15) is 0 Å². The second kappa shape index (κ2) is 7.35. The van der Waals surface area contributed by atoms with Crippen molar-refractivity contribution in [3.8, 4) is 0 Å². The van der Waals surface area contributed by atoms with Gasteiger partial charge in [-0.25, -0.2) is 0 Å². The van der Waals surface area contributed by atoms with Crippen molar-refractivity contribution in [2.45, 2.75) is 52.1 Å². The fourth-order valence-corrected chi connectivity index (χ4v) is 3.66. The fourth-order valence-electron chi connectivity index (χ4n) is 2.89.